The van der Waals surface area contributed by atoms with E-state index in [-0.39, 0.29) is 5.91 Å². The maximum absolute atomic E-state index is 12.3. The van der Waals surface area contributed by atoms with Gasteiger partial charge >= 0.3 is 0 Å². The molecule has 0 saturated heterocycles. The van der Waals surface area contributed by atoms with Gasteiger partial charge in [0.2, 0.25) is 11.8 Å². The molecule has 0 aliphatic carbocycles. The van der Waals surface area contributed by atoms with Gasteiger partial charge < -0.3 is 14.5 Å². The molecule has 7 heteroatoms. The Hall–Kier alpha value is -4.00. The lowest BCUT2D eigenvalue weighted by Gasteiger charge is -2.08. The zero-order valence-corrected chi connectivity index (χ0v) is 16.2. The van der Waals surface area contributed by atoms with Gasteiger partial charge in [0.25, 0.3) is 0 Å². The SMILES string of the molecule is O=C(CCCc1ncc(-c2ccccc2)o1)Nc1cccc(Oc2cnccn2)c1. The number of amides is 1. The smallest absolute Gasteiger partial charge is 0.237 e. The largest absolute Gasteiger partial charge is 0.441 e. The van der Waals surface area contributed by atoms with Crippen molar-refractivity contribution in [3.8, 4) is 23.0 Å². The molecule has 0 unspecified atom stereocenters. The monoisotopic (exact) mass is 400 g/mol. The molecular weight excluding hydrogens is 380 g/mol. The minimum atomic E-state index is -0.0820. The molecule has 2 aromatic heterocycles. The number of anilines is 1. The Morgan fingerprint density at radius 1 is 1.00 bits per heavy atom. The average Bonchev–Trinajstić information content (AvgIpc) is 3.24. The first kappa shape index (κ1) is 19.3. The van der Waals surface area contributed by atoms with Gasteiger partial charge in [-0.2, -0.15) is 0 Å². The van der Waals surface area contributed by atoms with Crippen LogP contribution in [0.2, 0.25) is 0 Å². The van der Waals surface area contributed by atoms with Crippen molar-refractivity contribution in [1.29, 1.82) is 0 Å². The number of carbonyl (C=O) groups is 1. The van der Waals surface area contributed by atoms with Crippen LogP contribution in [0.5, 0.6) is 11.6 Å². The minimum absolute atomic E-state index is 0.0820. The van der Waals surface area contributed by atoms with Crippen LogP contribution in [0.1, 0.15) is 18.7 Å². The number of hydrogen-bond acceptors (Lipinski definition) is 6. The number of aromatic nitrogens is 3. The first-order chi connectivity index (χ1) is 14.8. The summed E-state index contributed by atoms with van der Waals surface area (Å²) in [4.78, 5) is 24.6. The molecule has 0 saturated carbocycles. The number of nitrogens with zero attached hydrogens (tertiary/aromatic N) is 3. The van der Waals surface area contributed by atoms with Crippen molar-refractivity contribution in [2.24, 2.45) is 0 Å². The third-order valence-electron chi connectivity index (χ3n) is 4.29. The Labute approximate surface area is 173 Å². The third-order valence-corrected chi connectivity index (χ3v) is 4.29. The van der Waals surface area contributed by atoms with E-state index in [2.05, 4.69) is 20.3 Å². The van der Waals surface area contributed by atoms with Crippen LogP contribution in [0, 0.1) is 0 Å². The Bertz CT molecular complexity index is 1100. The van der Waals surface area contributed by atoms with Crippen molar-refractivity contribution >= 4 is 11.6 Å². The highest BCUT2D eigenvalue weighted by Crippen LogP contribution is 2.23. The molecule has 0 fully saturated rings. The lowest BCUT2D eigenvalue weighted by atomic mass is 10.2. The van der Waals surface area contributed by atoms with Gasteiger partial charge in [-0.15, -0.1) is 0 Å². The van der Waals surface area contributed by atoms with Crippen LogP contribution >= 0.6 is 0 Å². The third kappa shape index (κ3) is 5.29. The van der Waals surface area contributed by atoms with Gasteiger partial charge in [0.15, 0.2) is 11.7 Å². The van der Waals surface area contributed by atoms with E-state index >= 15 is 0 Å². The molecule has 0 aliphatic rings. The van der Waals surface area contributed by atoms with Crippen LogP contribution in [-0.4, -0.2) is 20.9 Å². The Morgan fingerprint density at radius 3 is 2.73 bits per heavy atom. The number of benzene rings is 2. The van der Waals surface area contributed by atoms with Crippen LogP contribution in [0.4, 0.5) is 5.69 Å². The molecule has 1 amide bonds. The zero-order chi connectivity index (χ0) is 20.6. The van der Waals surface area contributed by atoms with Gasteiger partial charge in [-0.1, -0.05) is 36.4 Å². The average molecular weight is 400 g/mol. The molecule has 0 atom stereocenters. The summed E-state index contributed by atoms with van der Waals surface area (Å²) < 4.78 is 11.4. The van der Waals surface area contributed by atoms with Gasteiger partial charge in [-0.3, -0.25) is 9.78 Å². The van der Waals surface area contributed by atoms with Gasteiger partial charge in [0, 0.05) is 42.6 Å². The predicted molar refractivity (Wildman–Crippen MR) is 112 cm³/mol. The van der Waals surface area contributed by atoms with E-state index in [0.29, 0.717) is 42.5 Å². The highest BCUT2D eigenvalue weighted by molar-refractivity contribution is 5.90. The maximum atomic E-state index is 12.3. The van der Waals surface area contributed by atoms with E-state index in [9.17, 15) is 4.79 Å². The second-order valence-electron chi connectivity index (χ2n) is 6.56. The van der Waals surface area contributed by atoms with Gasteiger partial charge in [-0.05, 0) is 18.6 Å². The summed E-state index contributed by atoms with van der Waals surface area (Å²) in [6, 6.07) is 17.0. The van der Waals surface area contributed by atoms with Crippen molar-refractivity contribution in [1.82, 2.24) is 15.0 Å². The van der Waals surface area contributed by atoms with Crippen molar-refractivity contribution in [2.45, 2.75) is 19.3 Å². The zero-order valence-electron chi connectivity index (χ0n) is 16.2. The summed E-state index contributed by atoms with van der Waals surface area (Å²) in [6.45, 7) is 0. The maximum Gasteiger partial charge on any atom is 0.237 e. The van der Waals surface area contributed by atoms with Crippen LogP contribution in [0.25, 0.3) is 11.3 Å². The number of carbonyl (C=O) groups excluding carboxylic acids is 1. The number of rotatable bonds is 8. The van der Waals surface area contributed by atoms with Crippen molar-refractivity contribution in [3.63, 3.8) is 0 Å². The summed E-state index contributed by atoms with van der Waals surface area (Å²) in [7, 11) is 0. The molecule has 0 spiro atoms. The molecule has 7 nitrogen and oxygen atoms in total. The summed E-state index contributed by atoms with van der Waals surface area (Å²) in [6.07, 6.45) is 7.96. The van der Waals surface area contributed by atoms with E-state index < -0.39 is 0 Å². The molecule has 0 aliphatic heterocycles. The van der Waals surface area contributed by atoms with Gasteiger partial charge in [-0.25, -0.2) is 9.97 Å². The van der Waals surface area contributed by atoms with E-state index in [4.69, 9.17) is 9.15 Å². The molecule has 150 valence electrons. The first-order valence-corrected chi connectivity index (χ1v) is 9.60. The number of hydrogen-bond donors (Lipinski definition) is 1. The fourth-order valence-corrected chi connectivity index (χ4v) is 2.88. The second-order valence-corrected chi connectivity index (χ2v) is 6.56. The van der Waals surface area contributed by atoms with E-state index in [1.54, 1.807) is 36.8 Å². The molecule has 0 radical (unpaired) electrons. The Kier molecular flexibility index (Phi) is 6.10. The highest BCUT2D eigenvalue weighted by Gasteiger charge is 2.08. The van der Waals surface area contributed by atoms with Crippen LogP contribution in [0.3, 0.4) is 0 Å². The van der Waals surface area contributed by atoms with E-state index in [1.807, 2.05) is 36.4 Å². The number of aryl methyl sites for hydroxylation is 1. The van der Waals surface area contributed by atoms with Crippen molar-refractivity contribution in [2.75, 3.05) is 5.32 Å². The normalized spacial score (nSPS) is 10.5. The van der Waals surface area contributed by atoms with Gasteiger partial charge in [0.05, 0.1) is 12.4 Å². The molecule has 0 bridgehead atoms. The van der Waals surface area contributed by atoms with Gasteiger partial charge in [0.1, 0.15) is 5.75 Å². The second kappa shape index (κ2) is 9.47. The molecule has 2 aromatic carbocycles. The minimum Gasteiger partial charge on any atom is -0.441 e. The summed E-state index contributed by atoms with van der Waals surface area (Å²) in [5.74, 6) is 2.24. The van der Waals surface area contributed by atoms with Crippen LogP contribution in [0.15, 0.2) is 83.8 Å². The standard InChI is InChI=1S/C23H20N4O3/c28-21(10-5-11-22-26-15-20(30-22)17-6-2-1-3-7-17)27-18-8-4-9-19(14-18)29-23-16-24-12-13-25-23/h1-4,6-9,12-16H,5,10-11H2,(H,27,28). The Morgan fingerprint density at radius 2 is 1.90 bits per heavy atom. The summed E-state index contributed by atoms with van der Waals surface area (Å²) in [5, 5.41) is 2.88. The van der Waals surface area contributed by atoms with Crippen LogP contribution < -0.4 is 10.1 Å². The lowest BCUT2D eigenvalue weighted by molar-refractivity contribution is -0.116. The van der Waals surface area contributed by atoms with E-state index in [0.717, 1.165) is 11.3 Å². The summed E-state index contributed by atoms with van der Waals surface area (Å²) in [5.41, 5.74) is 1.64. The fourth-order valence-electron chi connectivity index (χ4n) is 2.88. The number of ether oxygens (including phenoxy) is 1. The lowest BCUT2D eigenvalue weighted by Crippen LogP contribution is -2.11. The topological polar surface area (TPSA) is 90.1 Å². The van der Waals surface area contributed by atoms with E-state index in [1.165, 1.54) is 6.20 Å². The van der Waals surface area contributed by atoms with Crippen molar-refractivity contribution < 1.29 is 13.9 Å². The first-order valence-electron chi connectivity index (χ1n) is 9.60. The summed E-state index contributed by atoms with van der Waals surface area (Å²) >= 11 is 0. The van der Waals surface area contributed by atoms with Crippen LogP contribution in [-0.2, 0) is 11.2 Å². The quantitative estimate of drug-likeness (QED) is 0.453. The number of oxazole rings is 1. The van der Waals surface area contributed by atoms with Crippen molar-refractivity contribution in [3.05, 3.63) is 85.3 Å². The molecule has 1 N–H and O–H groups in total. The predicted octanol–water partition coefficient (Wildman–Crippen LogP) is 4.89. The molecule has 4 rings (SSSR count). The highest BCUT2D eigenvalue weighted by atomic mass is 16.5. The number of nitrogens with one attached hydrogen (secondary N) is 1. The molecule has 30 heavy (non-hydrogen) atoms. The Balaban J connectivity index is 1.26. The molecule has 4 aromatic rings. The molecule has 2 heterocycles. The fraction of sp³-hybridized carbons (Fsp3) is 0.130. The molecular formula is C23H20N4O3.